The van der Waals surface area contributed by atoms with Crippen molar-refractivity contribution >= 4 is 5.91 Å². The highest BCUT2D eigenvalue weighted by Crippen LogP contribution is 2.15. The number of hydrogen-bond acceptors (Lipinski definition) is 3. The Labute approximate surface area is 127 Å². The van der Waals surface area contributed by atoms with E-state index in [1.165, 1.54) is 0 Å². The molecule has 0 unspecified atom stereocenters. The lowest BCUT2D eigenvalue weighted by molar-refractivity contribution is 0.0900. The summed E-state index contributed by atoms with van der Waals surface area (Å²) >= 11 is 0. The maximum atomic E-state index is 12.2. The molecule has 21 heavy (non-hydrogen) atoms. The molecule has 1 aliphatic heterocycles. The summed E-state index contributed by atoms with van der Waals surface area (Å²) in [5.41, 5.74) is 0.699. The summed E-state index contributed by atoms with van der Waals surface area (Å²) in [7, 11) is 0. The first kappa shape index (κ1) is 15.8. The molecule has 1 aromatic carbocycles. The highest BCUT2D eigenvalue weighted by molar-refractivity contribution is 5.94. The Morgan fingerprint density at radius 2 is 1.90 bits per heavy atom. The molecule has 1 fully saturated rings. The van der Waals surface area contributed by atoms with Gasteiger partial charge in [0.1, 0.15) is 5.75 Å². The van der Waals surface area contributed by atoms with E-state index in [1.54, 1.807) is 0 Å². The van der Waals surface area contributed by atoms with Gasteiger partial charge in [0.25, 0.3) is 5.91 Å². The van der Waals surface area contributed by atoms with Crippen LogP contribution in [0.5, 0.6) is 5.75 Å². The van der Waals surface area contributed by atoms with Gasteiger partial charge in [-0.1, -0.05) is 0 Å². The second-order valence-corrected chi connectivity index (χ2v) is 5.83. The fourth-order valence-electron chi connectivity index (χ4n) is 2.70. The number of nitrogens with zero attached hydrogens (tertiary/aromatic N) is 1. The standard InChI is InChI=1S/C17H26N2O2/c1-4-21-16-7-5-14(6-8-16)17(20)18-15-9-11-19(12-10-15)13(2)3/h5-8,13,15H,4,9-12H2,1-3H3,(H,18,20). The Morgan fingerprint density at radius 1 is 1.29 bits per heavy atom. The van der Waals surface area contributed by atoms with Crippen LogP contribution in [0.15, 0.2) is 24.3 Å². The molecule has 0 atom stereocenters. The quantitative estimate of drug-likeness (QED) is 0.906. The SMILES string of the molecule is CCOc1ccc(C(=O)NC2CCN(C(C)C)CC2)cc1. The van der Waals surface area contributed by atoms with E-state index >= 15 is 0 Å². The second kappa shape index (κ2) is 7.46. The van der Waals surface area contributed by atoms with Crippen molar-refractivity contribution in [2.75, 3.05) is 19.7 Å². The van der Waals surface area contributed by atoms with Crippen LogP contribution in [0.1, 0.15) is 44.0 Å². The van der Waals surface area contributed by atoms with Crippen LogP contribution < -0.4 is 10.1 Å². The van der Waals surface area contributed by atoms with Crippen LogP contribution in [0.2, 0.25) is 0 Å². The number of benzene rings is 1. The van der Waals surface area contributed by atoms with Gasteiger partial charge in [-0.3, -0.25) is 4.79 Å². The van der Waals surface area contributed by atoms with Crippen LogP contribution >= 0.6 is 0 Å². The zero-order valence-corrected chi connectivity index (χ0v) is 13.3. The lowest BCUT2D eigenvalue weighted by atomic mass is 10.0. The molecule has 0 aromatic heterocycles. The summed E-state index contributed by atoms with van der Waals surface area (Å²) in [5.74, 6) is 0.820. The van der Waals surface area contributed by atoms with Crippen molar-refractivity contribution < 1.29 is 9.53 Å². The maximum Gasteiger partial charge on any atom is 0.251 e. The molecule has 1 N–H and O–H groups in total. The Bertz CT molecular complexity index is 448. The van der Waals surface area contributed by atoms with E-state index in [1.807, 2.05) is 31.2 Å². The summed E-state index contributed by atoms with van der Waals surface area (Å²) in [4.78, 5) is 14.7. The number of piperidine rings is 1. The molecule has 4 heteroatoms. The van der Waals surface area contributed by atoms with Crippen LogP contribution in [0, 0.1) is 0 Å². The monoisotopic (exact) mass is 290 g/mol. The lowest BCUT2D eigenvalue weighted by Crippen LogP contribution is -2.46. The van der Waals surface area contributed by atoms with Crippen LogP contribution in [0.3, 0.4) is 0 Å². The van der Waals surface area contributed by atoms with Gasteiger partial charge in [-0.15, -0.1) is 0 Å². The molecule has 0 radical (unpaired) electrons. The van der Waals surface area contributed by atoms with E-state index < -0.39 is 0 Å². The third-order valence-corrected chi connectivity index (χ3v) is 4.02. The molecule has 4 nitrogen and oxygen atoms in total. The summed E-state index contributed by atoms with van der Waals surface area (Å²) in [6.07, 6.45) is 2.06. The third kappa shape index (κ3) is 4.46. The summed E-state index contributed by atoms with van der Waals surface area (Å²) in [5, 5.41) is 3.14. The lowest BCUT2D eigenvalue weighted by Gasteiger charge is -2.34. The minimum absolute atomic E-state index is 0.0149. The first-order valence-electron chi connectivity index (χ1n) is 7.88. The van der Waals surface area contributed by atoms with Crippen molar-refractivity contribution in [1.82, 2.24) is 10.2 Å². The first-order chi connectivity index (χ1) is 10.1. The predicted molar refractivity (Wildman–Crippen MR) is 84.8 cm³/mol. The van der Waals surface area contributed by atoms with Crippen LogP contribution in [0.4, 0.5) is 0 Å². The van der Waals surface area contributed by atoms with Crippen LogP contribution in [0.25, 0.3) is 0 Å². The fourth-order valence-corrected chi connectivity index (χ4v) is 2.70. The zero-order valence-electron chi connectivity index (χ0n) is 13.3. The van der Waals surface area contributed by atoms with E-state index in [2.05, 4.69) is 24.1 Å². The minimum Gasteiger partial charge on any atom is -0.494 e. The summed E-state index contributed by atoms with van der Waals surface area (Å²) in [6, 6.07) is 8.22. The summed E-state index contributed by atoms with van der Waals surface area (Å²) < 4.78 is 5.39. The predicted octanol–water partition coefficient (Wildman–Crippen LogP) is 2.69. The van der Waals surface area contributed by atoms with Crippen LogP contribution in [-0.2, 0) is 0 Å². The zero-order chi connectivity index (χ0) is 15.2. The number of carbonyl (C=O) groups is 1. The van der Waals surface area contributed by atoms with E-state index in [4.69, 9.17) is 4.74 Å². The average molecular weight is 290 g/mol. The molecule has 1 aliphatic rings. The highest BCUT2D eigenvalue weighted by atomic mass is 16.5. The molecule has 0 spiro atoms. The topological polar surface area (TPSA) is 41.6 Å². The van der Waals surface area contributed by atoms with Crippen molar-refractivity contribution in [3.63, 3.8) is 0 Å². The molecule has 0 saturated carbocycles. The van der Waals surface area contributed by atoms with Crippen molar-refractivity contribution in [2.45, 2.75) is 45.7 Å². The maximum absolute atomic E-state index is 12.2. The van der Waals surface area contributed by atoms with Crippen molar-refractivity contribution in [3.05, 3.63) is 29.8 Å². The molecule has 1 amide bonds. The second-order valence-electron chi connectivity index (χ2n) is 5.83. The average Bonchev–Trinajstić information content (AvgIpc) is 2.49. The Kier molecular flexibility index (Phi) is 5.62. The smallest absolute Gasteiger partial charge is 0.251 e. The number of amides is 1. The van der Waals surface area contributed by atoms with Gasteiger partial charge in [0, 0.05) is 30.7 Å². The van der Waals surface area contributed by atoms with Gasteiger partial charge in [0.05, 0.1) is 6.61 Å². The van der Waals surface area contributed by atoms with E-state index in [9.17, 15) is 4.79 Å². The van der Waals surface area contributed by atoms with Gasteiger partial charge in [-0.05, 0) is 57.9 Å². The molecule has 116 valence electrons. The molecule has 1 saturated heterocycles. The minimum atomic E-state index is 0.0149. The summed E-state index contributed by atoms with van der Waals surface area (Å²) in [6.45, 7) is 9.15. The van der Waals surface area contributed by atoms with Gasteiger partial charge in [0.2, 0.25) is 0 Å². The first-order valence-corrected chi connectivity index (χ1v) is 7.88. The van der Waals surface area contributed by atoms with Crippen molar-refractivity contribution in [2.24, 2.45) is 0 Å². The van der Waals surface area contributed by atoms with Crippen molar-refractivity contribution in [1.29, 1.82) is 0 Å². The van der Waals surface area contributed by atoms with Crippen LogP contribution in [-0.4, -0.2) is 42.6 Å². The molecule has 2 rings (SSSR count). The molecule has 1 heterocycles. The van der Waals surface area contributed by atoms with E-state index in [0.29, 0.717) is 24.3 Å². The highest BCUT2D eigenvalue weighted by Gasteiger charge is 2.22. The Hall–Kier alpha value is -1.55. The number of hydrogen-bond donors (Lipinski definition) is 1. The number of rotatable bonds is 5. The normalized spacial score (nSPS) is 17.0. The van der Waals surface area contributed by atoms with Gasteiger partial charge in [0.15, 0.2) is 0 Å². The Morgan fingerprint density at radius 3 is 2.43 bits per heavy atom. The van der Waals surface area contributed by atoms with Gasteiger partial charge < -0.3 is 15.0 Å². The third-order valence-electron chi connectivity index (χ3n) is 4.02. The van der Waals surface area contributed by atoms with E-state index in [-0.39, 0.29) is 5.91 Å². The number of ether oxygens (including phenoxy) is 1. The molecule has 0 aliphatic carbocycles. The number of carbonyl (C=O) groups excluding carboxylic acids is 1. The molecular formula is C17H26N2O2. The fraction of sp³-hybridized carbons (Fsp3) is 0.588. The largest absolute Gasteiger partial charge is 0.494 e. The molecule has 1 aromatic rings. The van der Waals surface area contributed by atoms with E-state index in [0.717, 1.165) is 31.7 Å². The number of nitrogens with one attached hydrogen (secondary N) is 1. The number of likely N-dealkylation sites (tertiary alicyclic amines) is 1. The van der Waals surface area contributed by atoms with Gasteiger partial charge in [-0.2, -0.15) is 0 Å². The molecule has 0 bridgehead atoms. The van der Waals surface area contributed by atoms with Gasteiger partial charge >= 0.3 is 0 Å². The van der Waals surface area contributed by atoms with Crippen molar-refractivity contribution in [3.8, 4) is 5.75 Å². The molecular weight excluding hydrogens is 264 g/mol. The van der Waals surface area contributed by atoms with Gasteiger partial charge in [-0.25, -0.2) is 0 Å². The Balaban J connectivity index is 1.84.